The van der Waals surface area contributed by atoms with Gasteiger partial charge in [-0.1, -0.05) is 42.0 Å². The molecule has 2 heterocycles. The fourth-order valence-corrected chi connectivity index (χ4v) is 4.08. The van der Waals surface area contributed by atoms with Crippen LogP contribution < -0.4 is 5.32 Å². The van der Waals surface area contributed by atoms with E-state index >= 15 is 0 Å². The predicted molar refractivity (Wildman–Crippen MR) is 123 cm³/mol. The van der Waals surface area contributed by atoms with Gasteiger partial charge in [0.15, 0.2) is 0 Å². The summed E-state index contributed by atoms with van der Waals surface area (Å²) in [6.45, 7) is 4.16. The highest BCUT2D eigenvalue weighted by Crippen LogP contribution is 2.14. The van der Waals surface area contributed by atoms with E-state index in [9.17, 15) is 4.79 Å². The zero-order valence-electron chi connectivity index (χ0n) is 18.3. The second kappa shape index (κ2) is 9.84. The number of carbonyl (C=O) groups excluding carboxylic acids is 1. The maximum Gasteiger partial charge on any atom is 0.251 e. The maximum atomic E-state index is 12.7. The van der Waals surface area contributed by atoms with Gasteiger partial charge in [0.05, 0.1) is 0 Å². The molecule has 5 nitrogen and oxygen atoms in total. The van der Waals surface area contributed by atoms with Crippen LogP contribution in [-0.4, -0.2) is 47.0 Å². The number of carbonyl (C=O) groups is 1. The molecule has 0 radical (unpaired) electrons. The Hall–Kier alpha value is -3.05. The monoisotopic (exact) mass is 414 g/mol. The normalized spacial score (nSPS) is 15.0. The van der Waals surface area contributed by atoms with Crippen molar-refractivity contribution in [1.82, 2.24) is 20.2 Å². The van der Waals surface area contributed by atoms with Crippen LogP contribution in [-0.2, 0) is 12.8 Å². The van der Waals surface area contributed by atoms with Crippen molar-refractivity contribution in [3.8, 4) is 0 Å². The van der Waals surface area contributed by atoms with Gasteiger partial charge in [-0.3, -0.25) is 4.79 Å². The molecule has 0 bridgehead atoms. The van der Waals surface area contributed by atoms with Gasteiger partial charge in [-0.05, 0) is 69.2 Å². The number of piperidine rings is 1. The largest absolute Gasteiger partial charge is 0.349 e. The van der Waals surface area contributed by atoms with Crippen molar-refractivity contribution in [3.05, 3.63) is 94.6 Å². The van der Waals surface area contributed by atoms with E-state index in [1.165, 1.54) is 11.1 Å². The molecule has 31 heavy (non-hydrogen) atoms. The number of benzene rings is 2. The second-order valence-electron chi connectivity index (χ2n) is 8.56. The van der Waals surface area contributed by atoms with Gasteiger partial charge in [-0.15, -0.1) is 0 Å². The highest BCUT2D eigenvalue weighted by Gasteiger charge is 2.19. The molecule has 5 heteroatoms. The zero-order valence-corrected chi connectivity index (χ0v) is 18.3. The average molecular weight is 415 g/mol. The SMILES string of the molecule is Cc1cccc(Cc2nccc(Cc3cccc(C(=O)NC4CCN(C)CC4)c3)n2)c1. The lowest BCUT2D eigenvalue weighted by atomic mass is 10.0. The average Bonchev–Trinajstić information content (AvgIpc) is 2.76. The molecule has 1 aliphatic rings. The lowest BCUT2D eigenvalue weighted by Gasteiger charge is -2.29. The van der Waals surface area contributed by atoms with Crippen LogP contribution >= 0.6 is 0 Å². The lowest BCUT2D eigenvalue weighted by molar-refractivity contribution is 0.0916. The van der Waals surface area contributed by atoms with Crippen LogP contribution in [0.2, 0.25) is 0 Å². The van der Waals surface area contributed by atoms with Gasteiger partial charge in [-0.25, -0.2) is 9.97 Å². The van der Waals surface area contributed by atoms with E-state index < -0.39 is 0 Å². The Kier molecular flexibility index (Phi) is 6.73. The summed E-state index contributed by atoms with van der Waals surface area (Å²) in [5, 5.41) is 3.20. The van der Waals surface area contributed by atoms with Gasteiger partial charge in [0.25, 0.3) is 5.91 Å². The molecule has 3 aromatic rings. The minimum absolute atomic E-state index is 0.0132. The Morgan fingerprint density at radius 1 is 1.03 bits per heavy atom. The molecule has 0 atom stereocenters. The number of nitrogens with zero attached hydrogens (tertiary/aromatic N) is 3. The Morgan fingerprint density at radius 3 is 2.55 bits per heavy atom. The molecule has 1 saturated heterocycles. The summed E-state index contributed by atoms with van der Waals surface area (Å²) in [4.78, 5) is 24.2. The minimum Gasteiger partial charge on any atom is -0.349 e. The van der Waals surface area contributed by atoms with Crippen molar-refractivity contribution < 1.29 is 4.79 Å². The van der Waals surface area contributed by atoms with Crippen molar-refractivity contribution >= 4 is 5.91 Å². The van der Waals surface area contributed by atoms with Gasteiger partial charge in [0, 0.05) is 36.3 Å². The van der Waals surface area contributed by atoms with Crippen LogP contribution in [0.5, 0.6) is 0 Å². The molecule has 1 aliphatic heterocycles. The summed E-state index contributed by atoms with van der Waals surface area (Å²) < 4.78 is 0. The topological polar surface area (TPSA) is 58.1 Å². The van der Waals surface area contributed by atoms with Crippen LogP contribution in [0.4, 0.5) is 0 Å². The number of rotatable bonds is 6. The summed E-state index contributed by atoms with van der Waals surface area (Å²) in [5.74, 6) is 0.832. The number of aryl methyl sites for hydroxylation is 1. The van der Waals surface area contributed by atoms with E-state index in [0.29, 0.717) is 18.4 Å². The van der Waals surface area contributed by atoms with Gasteiger partial charge in [0.1, 0.15) is 5.82 Å². The Balaban J connectivity index is 1.41. The first kappa shape index (κ1) is 21.2. The van der Waals surface area contributed by atoms with Gasteiger partial charge in [-0.2, -0.15) is 0 Å². The molecule has 0 unspecified atom stereocenters. The van der Waals surface area contributed by atoms with Crippen LogP contribution in [0.3, 0.4) is 0 Å². The van der Waals surface area contributed by atoms with E-state index in [4.69, 9.17) is 4.98 Å². The number of hydrogen-bond donors (Lipinski definition) is 1. The maximum absolute atomic E-state index is 12.7. The first-order chi connectivity index (χ1) is 15.0. The Labute approximate surface area is 184 Å². The smallest absolute Gasteiger partial charge is 0.251 e. The van der Waals surface area contributed by atoms with E-state index in [1.54, 1.807) is 0 Å². The molecule has 1 aromatic heterocycles. The predicted octanol–water partition coefficient (Wildman–Crippen LogP) is 3.79. The fraction of sp³-hybridized carbons (Fsp3) is 0.346. The molecule has 1 N–H and O–H groups in total. The standard InChI is InChI=1S/C26H30N4O/c1-19-5-3-6-20(15-19)18-25-27-12-9-24(28-25)17-21-7-4-8-22(16-21)26(31)29-23-10-13-30(2)14-11-23/h3-9,12,15-16,23H,10-11,13-14,17-18H2,1-2H3,(H,29,31). The molecule has 2 aromatic carbocycles. The lowest BCUT2D eigenvalue weighted by Crippen LogP contribution is -2.43. The Bertz CT molecular complexity index is 1040. The van der Waals surface area contributed by atoms with Crippen molar-refractivity contribution in [3.63, 3.8) is 0 Å². The fourth-order valence-electron chi connectivity index (χ4n) is 4.08. The van der Waals surface area contributed by atoms with Crippen molar-refractivity contribution in [2.24, 2.45) is 0 Å². The summed E-state index contributed by atoms with van der Waals surface area (Å²) in [7, 11) is 2.13. The van der Waals surface area contributed by atoms with Crippen molar-refractivity contribution in [2.75, 3.05) is 20.1 Å². The quantitative estimate of drug-likeness (QED) is 0.667. The molecule has 160 valence electrons. The van der Waals surface area contributed by atoms with Crippen LogP contribution in [0.1, 0.15) is 51.4 Å². The number of aromatic nitrogens is 2. The van der Waals surface area contributed by atoms with E-state index in [-0.39, 0.29) is 11.9 Å². The molecule has 4 rings (SSSR count). The third-order valence-electron chi connectivity index (χ3n) is 5.84. The Morgan fingerprint density at radius 2 is 1.77 bits per heavy atom. The summed E-state index contributed by atoms with van der Waals surface area (Å²) in [6.07, 6.45) is 5.23. The number of likely N-dealkylation sites (tertiary alicyclic amines) is 1. The third kappa shape index (κ3) is 5.98. The molecule has 1 fully saturated rings. The van der Waals surface area contributed by atoms with Crippen molar-refractivity contribution in [1.29, 1.82) is 0 Å². The minimum atomic E-state index is 0.0132. The number of nitrogens with one attached hydrogen (secondary N) is 1. The van der Waals surface area contributed by atoms with Gasteiger partial charge < -0.3 is 10.2 Å². The first-order valence-corrected chi connectivity index (χ1v) is 11.0. The van der Waals surface area contributed by atoms with Crippen molar-refractivity contribution in [2.45, 2.75) is 38.6 Å². The zero-order chi connectivity index (χ0) is 21.6. The molecule has 1 amide bonds. The highest BCUT2D eigenvalue weighted by molar-refractivity contribution is 5.94. The summed E-state index contributed by atoms with van der Waals surface area (Å²) >= 11 is 0. The molecule has 0 spiro atoms. The molecular weight excluding hydrogens is 384 g/mol. The van der Waals surface area contributed by atoms with Gasteiger partial charge >= 0.3 is 0 Å². The number of hydrogen-bond acceptors (Lipinski definition) is 4. The molecular formula is C26H30N4O. The third-order valence-corrected chi connectivity index (χ3v) is 5.84. The summed E-state index contributed by atoms with van der Waals surface area (Å²) in [6, 6.07) is 18.5. The van der Waals surface area contributed by atoms with E-state index in [0.717, 1.165) is 43.0 Å². The summed E-state index contributed by atoms with van der Waals surface area (Å²) in [5.41, 5.74) is 5.21. The molecule has 0 saturated carbocycles. The van der Waals surface area contributed by atoms with E-state index in [2.05, 4.69) is 59.5 Å². The van der Waals surface area contributed by atoms with E-state index in [1.807, 2.05) is 30.5 Å². The van der Waals surface area contributed by atoms with Crippen LogP contribution in [0.25, 0.3) is 0 Å². The molecule has 0 aliphatic carbocycles. The van der Waals surface area contributed by atoms with Crippen LogP contribution in [0.15, 0.2) is 60.8 Å². The van der Waals surface area contributed by atoms with Crippen LogP contribution in [0, 0.1) is 6.92 Å². The highest BCUT2D eigenvalue weighted by atomic mass is 16.1. The van der Waals surface area contributed by atoms with Gasteiger partial charge in [0.2, 0.25) is 0 Å². The number of amides is 1. The first-order valence-electron chi connectivity index (χ1n) is 11.0. The second-order valence-corrected chi connectivity index (χ2v) is 8.56.